The van der Waals surface area contributed by atoms with E-state index in [2.05, 4.69) is 25.4 Å². The van der Waals surface area contributed by atoms with Gasteiger partial charge in [0.25, 0.3) is 0 Å². The van der Waals surface area contributed by atoms with Crippen molar-refractivity contribution in [2.24, 2.45) is 0 Å². The summed E-state index contributed by atoms with van der Waals surface area (Å²) >= 11 is 1.62. The molecule has 0 unspecified atom stereocenters. The predicted molar refractivity (Wildman–Crippen MR) is 140 cm³/mol. The number of nitrogens with two attached hydrogens (primary N) is 1. The van der Waals surface area contributed by atoms with E-state index in [4.69, 9.17) is 15.2 Å². The monoisotopic (exact) mass is 535 g/mol. The average Bonchev–Trinajstić information content (AvgIpc) is 3.60. The van der Waals surface area contributed by atoms with Crippen LogP contribution in [0.2, 0.25) is 0 Å². The van der Waals surface area contributed by atoms with E-state index in [1.165, 1.54) is 12.1 Å². The summed E-state index contributed by atoms with van der Waals surface area (Å²) in [5, 5.41) is 14.8. The molecule has 9 nitrogen and oxygen atoms in total. The van der Waals surface area contributed by atoms with Crippen molar-refractivity contribution in [3.05, 3.63) is 65.7 Å². The van der Waals surface area contributed by atoms with Crippen molar-refractivity contribution in [3.8, 4) is 34.0 Å². The maximum absolute atomic E-state index is 15.2. The standard InChI is InChI=1S/C26H23F2N7O2S/c27-23-20(5-6-21(24(23)28)37-12-9-34-7-10-36-11-8-34)35-26(31-32-33-35)18-13-16(14-30-25(18)29)19-15-38-22-4-2-1-3-17(19)22/h1-6,13-15H,7-12H2,(H2,29,30). The largest absolute Gasteiger partial charge is 0.489 e. The fourth-order valence-corrected chi connectivity index (χ4v) is 5.40. The number of fused-ring (bicyclic) bond motifs is 1. The molecule has 4 heterocycles. The summed E-state index contributed by atoms with van der Waals surface area (Å²) in [5.74, 6) is -2.13. The average molecular weight is 536 g/mol. The highest BCUT2D eigenvalue weighted by Crippen LogP contribution is 2.36. The van der Waals surface area contributed by atoms with E-state index in [9.17, 15) is 4.39 Å². The van der Waals surface area contributed by atoms with Crippen LogP contribution in [0.15, 0.2) is 54.0 Å². The predicted octanol–water partition coefficient (Wildman–Crippen LogP) is 4.18. The van der Waals surface area contributed by atoms with Crippen molar-refractivity contribution in [1.29, 1.82) is 0 Å². The minimum absolute atomic E-state index is 0.135. The Labute approximate surface area is 220 Å². The second-order valence-corrected chi connectivity index (χ2v) is 9.64. The number of rotatable bonds is 7. The first kappa shape index (κ1) is 24.3. The topological polar surface area (TPSA) is 104 Å². The van der Waals surface area contributed by atoms with Crippen LogP contribution < -0.4 is 10.5 Å². The zero-order valence-corrected chi connectivity index (χ0v) is 21.0. The van der Waals surface area contributed by atoms with Gasteiger partial charge in [-0.25, -0.2) is 9.37 Å². The number of pyridine rings is 1. The van der Waals surface area contributed by atoms with Crippen molar-refractivity contribution < 1.29 is 18.3 Å². The molecule has 0 bridgehead atoms. The van der Waals surface area contributed by atoms with E-state index in [1.807, 2.05) is 29.6 Å². The highest BCUT2D eigenvalue weighted by atomic mass is 32.1. The number of nitrogens with zero attached hydrogens (tertiary/aromatic N) is 6. The number of morpholine rings is 1. The van der Waals surface area contributed by atoms with Gasteiger partial charge < -0.3 is 15.2 Å². The molecule has 1 aliphatic rings. The second kappa shape index (κ2) is 10.4. The molecule has 0 saturated carbocycles. The van der Waals surface area contributed by atoms with Crippen LogP contribution in [0.25, 0.3) is 38.3 Å². The first-order valence-electron chi connectivity index (χ1n) is 12.0. The van der Waals surface area contributed by atoms with Crippen molar-refractivity contribution in [1.82, 2.24) is 30.1 Å². The highest BCUT2D eigenvalue weighted by molar-refractivity contribution is 7.17. The Hall–Kier alpha value is -4.00. The quantitative estimate of drug-likeness (QED) is 0.331. The molecule has 1 aliphatic heterocycles. The van der Waals surface area contributed by atoms with Crippen LogP contribution in [0.4, 0.5) is 14.6 Å². The number of thiophene rings is 1. The Balaban J connectivity index is 1.29. The van der Waals surface area contributed by atoms with Gasteiger partial charge in [-0.3, -0.25) is 4.90 Å². The fraction of sp³-hybridized carbons (Fsp3) is 0.231. The van der Waals surface area contributed by atoms with Crippen LogP contribution in [-0.2, 0) is 4.74 Å². The summed E-state index contributed by atoms with van der Waals surface area (Å²) < 4.78 is 43.3. The van der Waals surface area contributed by atoms with Gasteiger partial charge in [0, 0.05) is 47.0 Å². The van der Waals surface area contributed by atoms with Crippen LogP contribution in [-0.4, -0.2) is 69.5 Å². The van der Waals surface area contributed by atoms with Gasteiger partial charge in [0.1, 0.15) is 18.1 Å². The first-order valence-corrected chi connectivity index (χ1v) is 12.9. The molecule has 0 radical (unpaired) electrons. The van der Waals surface area contributed by atoms with E-state index in [-0.39, 0.29) is 29.7 Å². The van der Waals surface area contributed by atoms with Crippen LogP contribution in [0.1, 0.15) is 0 Å². The third-order valence-corrected chi connectivity index (χ3v) is 7.41. The third kappa shape index (κ3) is 4.57. The van der Waals surface area contributed by atoms with Crippen molar-refractivity contribution in [2.45, 2.75) is 0 Å². The van der Waals surface area contributed by atoms with Crippen molar-refractivity contribution >= 4 is 27.2 Å². The minimum Gasteiger partial charge on any atom is -0.489 e. The highest BCUT2D eigenvalue weighted by Gasteiger charge is 2.22. The van der Waals surface area contributed by atoms with Gasteiger partial charge in [-0.15, -0.1) is 16.4 Å². The van der Waals surface area contributed by atoms with E-state index < -0.39 is 11.6 Å². The molecule has 0 aliphatic carbocycles. The molecular formula is C26H23F2N7O2S. The maximum Gasteiger partial charge on any atom is 0.202 e. The molecule has 1 saturated heterocycles. The Morgan fingerprint density at radius 2 is 1.89 bits per heavy atom. The van der Waals surface area contributed by atoms with Crippen molar-refractivity contribution in [3.63, 3.8) is 0 Å². The number of benzene rings is 2. The molecule has 38 heavy (non-hydrogen) atoms. The van der Waals surface area contributed by atoms with Crippen LogP contribution in [0.3, 0.4) is 0 Å². The first-order chi connectivity index (χ1) is 18.6. The van der Waals surface area contributed by atoms with E-state index in [0.717, 1.165) is 39.0 Å². The van der Waals surface area contributed by atoms with E-state index in [1.54, 1.807) is 23.6 Å². The molecule has 3 aromatic heterocycles. The Kier molecular flexibility index (Phi) is 6.66. The number of aromatic nitrogens is 5. The lowest BCUT2D eigenvalue weighted by molar-refractivity contribution is 0.0320. The Bertz CT molecular complexity index is 1600. The number of tetrazole rings is 1. The van der Waals surface area contributed by atoms with Crippen LogP contribution in [0, 0.1) is 11.6 Å². The van der Waals surface area contributed by atoms with E-state index >= 15 is 4.39 Å². The molecular weight excluding hydrogens is 512 g/mol. The normalized spacial score (nSPS) is 14.3. The Morgan fingerprint density at radius 3 is 2.76 bits per heavy atom. The fourth-order valence-electron chi connectivity index (χ4n) is 4.43. The van der Waals surface area contributed by atoms with Gasteiger partial charge in [0.15, 0.2) is 17.4 Å². The van der Waals surface area contributed by atoms with Gasteiger partial charge in [-0.05, 0) is 40.1 Å². The summed E-state index contributed by atoms with van der Waals surface area (Å²) in [6.45, 7) is 3.67. The molecule has 0 amide bonds. The van der Waals surface area contributed by atoms with Crippen LogP contribution >= 0.6 is 11.3 Å². The number of halogens is 2. The van der Waals surface area contributed by atoms with Gasteiger partial charge >= 0.3 is 0 Å². The molecule has 5 aromatic rings. The van der Waals surface area contributed by atoms with Gasteiger partial charge in [-0.1, -0.05) is 18.2 Å². The molecule has 2 aromatic carbocycles. The molecule has 6 rings (SSSR count). The van der Waals surface area contributed by atoms with Gasteiger partial charge in [0.05, 0.1) is 18.8 Å². The maximum atomic E-state index is 15.2. The minimum atomic E-state index is -1.13. The summed E-state index contributed by atoms with van der Waals surface area (Å²) in [6.07, 6.45) is 1.67. The van der Waals surface area contributed by atoms with Crippen molar-refractivity contribution in [2.75, 3.05) is 45.2 Å². The van der Waals surface area contributed by atoms with E-state index in [0.29, 0.717) is 25.3 Å². The summed E-state index contributed by atoms with van der Waals surface area (Å²) in [4.78, 5) is 6.48. The zero-order valence-electron chi connectivity index (χ0n) is 20.2. The second-order valence-electron chi connectivity index (χ2n) is 8.73. The zero-order chi connectivity index (χ0) is 26.1. The number of hydrogen-bond donors (Lipinski definition) is 1. The molecule has 194 valence electrons. The lowest BCUT2D eigenvalue weighted by Gasteiger charge is -2.26. The van der Waals surface area contributed by atoms with Gasteiger partial charge in [-0.2, -0.15) is 9.07 Å². The molecule has 0 atom stereocenters. The summed E-state index contributed by atoms with van der Waals surface area (Å²) in [6, 6.07) is 12.6. The molecule has 1 fully saturated rings. The number of hydrogen-bond acceptors (Lipinski definition) is 9. The lowest BCUT2D eigenvalue weighted by Crippen LogP contribution is -2.38. The molecule has 0 spiro atoms. The number of anilines is 1. The Morgan fingerprint density at radius 1 is 1.05 bits per heavy atom. The molecule has 12 heteroatoms. The lowest BCUT2D eigenvalue weighted by atomic mass is 10.0. The third-order valence-electron chi connectivity index (χ3n) is 6.44. The van der Waals surface area contributed by atoms with Crippen LogP contribution in [0.5, 0.6) is 5.75 Å². The molecule has 2 N–H and O–H groups in total. The smallest absolute Gasteiger partial charge is 0.202 e. The SMILES string of the molecule is Nc1ncc(-c2csc3ccccc23)cc1-c1nnnn1-c1ccc(OCCN2CCOCC2)c(F)c1F. The number of ether oxygens (including phenoxy) is 2. The van der Waals surface area contributed by atoms with Gasteiger partial charge in [0.2, 0.25) is 5.82 Å². The number of nitrogen functional groups attached to an aromatic ring is 1. The summed E-state index contributed by atoms with van der Waals surface area (Å²) in [5.41, 5.74) is 8.19. The summed E-state index contributed by atoms with van der Waals surface area (Å²) in [7, 11) is 0.